The van der Waals surface area contributed by atoms with Crippen LogP contribution >= 0.6 is 0 Å². The Morgan fingerprint density at radius 3 is 2.60 bits per heavy atom. The molecular formula is C16H14O4. The summed E-state index contributed by atoms with van der Waals surface area (Å²) >= 11 is 0. The second-order valence-electron chi connectivity index (χ2n) is 4.91. The van der Waals surface area contributed by atoms with E-state index in [9.17, 15) is 9.90 Å². The van der Waals surface area contributed by atoms with E-state index < -0.39 is 11.4 Å². The molecule has 2 aromatic rings. The molecule has 4 nitrogen and oxygen atoms in total. The van der Waals surface area contributed by atoms with Gasteiger partial charge in [-0.2, -0.15) is 0 Å². The van der Waals surface area contributed by atoms with E-state index in [0.717, 1.165) is 11.1 Å². The fourth-order valence-corrected chi connectivity index (χ4v) is 2.66. The van der Waals surface area contributed by atoms with Crippen LogP contribution in [0.1, 0.15) is 21.5 Å². The molecule has 1 atom stereocenters. The van der Waals surface area contributed by atoms with Crippen molar-refractivity contribution >= 4 is 5.97 Å². The maximum Gasteiger partial charge on any atom is 0.335 e. The Bertz CT molecular complexity index is 651. The van der Waals surface area contributed by atoms with Crippen LogP contribution in [0.25, 0.3) is 0 Å². The number of rotatable bonds is 3. The highest BCUT2D eigenvalue weighted by molar-refractivity contribution is 5.88. The molecule has 0 amide bonds. The van der Waals surface area contributed by atoms with Crippen molar-refractivity contribution < 1.29 is 19.7 Å². The predicted octanol–water partition coefficient (Wildman–Crippen LogP) is 2.06. The summed E-state index contributed by atoms with van der Waals surface area (Å²) in [4.78, 5) is 11.1. The Morgan fingerprint density at radius 1 is 1.20 bits per heavy atom. The third kappa shape index (κ3) is 1.77. The van der Waals surface area contributed by atoms with Gasteiger partial charge in [0.1, 0.15) is 12.4 Å². The zero-order chi connectivity index (χ0) is 14.2. The largest absolute Gasteiger partial charge is 0.492 e. The molecule has 3 rings (SSSR count). The molecule has 1 heterocycles. The van der Waals surface area contributed by atoms with E-state index in [4.69, 9.17) is 9.84 Å². The molecule has 20 heavy (non-hydrogen) atoms. The highest BCUT2D eigenvalue weighted by Gasteiger charge is 2.42. The molecule has 0 fully saturated rings. The SMILES string of the molecule is O=C(O)c1ccc2c(c1)C(CO)(c1ccccc1)CO2. The van der Waals surface area contributed by atoms with Crippen LogP contribution in [0, 0.1) is 0 Å². The summed E-state index contributed by atoms with van der Waals surface area (Å²) in [6, 6.07) is 14.3. The Hall–Kier alpha value is -2.33. The summed E-state index contributed by atoms with van der Waals surface area (Å²) in [5.74, 6) is -0.354. The summed E-state index contributed by atoms with van der Waals surface area (Å²) in [7, 11) is 0. The second-order valence-corrected chi connectivity index (χ2v) is 4.91. The van der Waals surface area contributed by atoms with Crippen molar-refractivity contribution in [2.45, 2.75) is 5.41 Å². The van der Waals surface area contributed by atoms with Crippen LogP contribution in [0.3, 0.4) is 0 Å². The molecule has 1 aliphatic heterocycles. The van der Waals surface area contributed by atoms with Crippen molar-refractivity contribution in [2.24, 2.45) is 0 Å². The van der Waals surface area contributed by atoms with Crippen LogP contribution in [0.4, 0.5) is 0 Å². The van der Waals surface area contributed by atoms with E-state index in [0.29, 0.717) is 12.4 Å². The minimum Gasteiger partial charge on any atom is -0.492 e. The van der Waals surface area contributed by atoms with Gasteiger partial charge >= 0.3 is 5.97 Å². The van der Waals surface area contributed by atoms with Crippen LogP contribution in [0.5, 0.6) is 5.75 Å². The summed E-state index contributed by atoms with van der Waals surface area (Å²) in [6.07, 6.45) is 0. The van der Waals surface area contributed by atoms with Gasteiger partial charge in [-0.15, -0.1) is 0 Å². The fraction of sp³-hybridized carbons (Fsp3) is 0.188. The molecule has 0 aliphatic carbocycles. The zero-order valence-corrected chi connectivity index (χ0v) is 10.7. The third-order valence-electron chi connectivity index (χ3n) is 3.81. The van der Waals surface area contributed by atoms with Crippen molar-refractivity contribution in [1.82, 2.24) is 0 Å². The lowest BCUT2D eigenvalue weighted by Crippen LogP contribution is -2.33. The molecule has 0 radical (unpaired) electrons. The Morgan fingerprint density at radius 2 is 1.95 bits per heavy atom. The van der Waals surface area contributed by atoms with Gasteiger partial charge in [0, 0.05) is 5.56 Å². The topological polar surface area (TPSA) is 66.8 Å². The van der Waals surface area contributed by atoms with Gasteiger partial charge in [0.05, 0.1) is 17.6 Å². The number of aliphatic hydroxyl groups excluding tert-OH is 1. The monoisotopic (exact) mass is 270 g/mol. The lowest BCUT2D eigenvalue weighted by Gasteiger charge is -2.26. The number of carboxylic acids is 1. The standard InChI is InChI=1S/C16H14O4/c17-9-16(12-4-2-1-3-5-12)10-20-14-7-6-11(15(18)19)8-13(14)16/h1-8,17H,9-10H2,(H,18,19). The second kappa shape index (κ2) is 4.65. The van der Waals surface area contributed by atoms with Crippen LogP contribution in [-0.2, 0) is 5.41 Å². The normalized spacial score (nSPS) is 20.2. The highest BCUT2D eigenvalue weighted by atomic mass is 16.5. The molecule has 1 aliphatic rings. The van der Waals surface area contributed by atoms with E-state index in [2.05, 4.69) is 0 Å². The first kappa shape index (κ1) is 12.7. The number of ether oxygens (including phenoxy) is 1. The van der Waals surface area contributed by atoms with Gasteiger partial charge in [0.2, 0.25) is 0 Å². The summed E-state index contributed by atoms with van der Waals surface area (Å²) in [6.45, 7) is 0.180. The lowest BCUT2D eigenvalue weighted by molar-refractivity contribution is 0.0696. The van der Waals surface area contributed by atoms with Crippen molar-refractivity contribution in [3.63, 3.8) is 0 Å². The molecule has 1 unspecified atom stereocenters. The number of carbonyl (C=O) groups is 1. The van der Waals surface area contributed by atoms with Gasteiger partial charge in [-0.25, -0.2) is 4.79 Å². The highest BCUT2D eigenvalue weighted by Crippen LogP contribution is 2.43. The maximum absolute atomic E-state index is 11.1. The quantitative estimate of drug-likeness (QED) is 0.895. The van der Waals surface area contributed by atoms with Gasteiger partial charge in [-0.1, -0.05) is 30.3 Å². The number of hydrogen-bond acceptors (Lipinski definition) is 3. The van der Waals surface area contributed by atoms with Crippen LogP contribution in [-0.4, -0.2) is 29.4 Å². The van der Waals surface area contributed by atoms with Crippen LogP contribution in [0.2, 0.25) is 0 Å². The zero-order valence-electron chi connectivity index (χ0n) is 10.7. The van der Waals surface area contributed by atoms with Gasteiger partial charge < -0.3 is 14.9 Å². The molecule has 2 N–H and O–H groups in total. The molecule has 102 valence electrons. The maximum atomic E-state index is 11.1. The molecule has 0 saturated carbocycles. The average molecular weight is 270 g/mol. The first-order chi connectivity index (χ1) is 9.67. The van der Waals surface area contributed by atoms with E-state index in [1.54, 1.807) is 12.1 Å². The number of aliphatic hydroxyl groups is 1. The lowest BCUT2D eigenvalue weighted by atomic mass is 9.76. The van der Waals surface area contributed by atoms with Gasteiger partial charge in [0.15, 0.2) is 0 Å². The summed E-state index contributed by atoms with van der Waals surface area (Å²) in [5, 5.41) is 19.0. The number of benzene rings is 2. The van der Waals surface area contributed by atoms with E-state index in [-0.39, 0.29) is 12.2 Å². The molecule has 0 aromatic heterocycles. The van der Waals surface area contributed by atoms with Gasteiger partial charge in [-0.3, -0.25) is 0 Å². The first-order valence-electron chi connectivity index (χ1n) is 6.34. The summed E-state index contributed by atoms with van der Waals surface area (Å²) < 4.78 is 5.64. The van der Waals surface area contributed by atoms with E-state index in [1.165, 1.54) is 6.07 Å². The van der Waals surface area contributed by atoms with Crippen LogP contribution < -0.4 is 4.74 Å². The van der Waals surface area contributed by atoms with Crippen molar-refractivity contribution in [1.29, 1.82) is 0 Å². The molecular weight excluding hydrogens is 256 g/mol. The Balaban J connectivity index is 2.18. The van der Waals surface area contributed by atoms with Gasteiger partial charge in [-0.05, 0) is 23.8 Å². The average Bonchev–Trinajstić information content (AvgIpc) is 2.87. The first-order valence-corrected chi connectivity index (χ1v) is 6.34. The van der Waals surface area contributed by atoms with Crippen molar-refractivity contribution in [2.75, 3.05) is 13.2 Å². The fourth-order valence-electron chi connectivity index (χ4n) is 2.66. The Kier molecular flexibility index (Phi) is 2.95. The number of aromatic carboxylic acids is 1. The number of fused-ring (bicyclic) bond motifs is 1. The van der Waals surface area contributed by atoms with Crippen LogP contribution in [0.15, 0.2) is 48.5 Å². The smallest absolute Gasteiger partial charge is 0.335 e. The summed E-state index contributed by atoms with van der Waals surface area (Å²) in [5.41, 5.74) is 1.15. The molecule has 0 bridgehead atoms. The molecule has 0 saturated heterocycles. The van der Waals surface area contributed by atoms with E-state index in [1.807, 2.05) is 30.3 Å². The number of hydrogen-bond donors (Lipinski definition) is 2. The molecule has 2 aromatic carbocycles. The van der Waals surface area contributed by atoms with E-state index >= 15 is 0 Å². The number of carboxylic acid groups (broad SMARTS) is 1. The molecule has 0 spiro atoms. The van der Waals surface area contributed by atoms with Gasteiger partial charge in [0.25, 0.3) is 0 Å². The Labute approximate surface area is 116 Å². The van der Waals surface area contributed by atoms with Crippen molar-refractivity contribution in [3.05, 3.63) is 65.2 Å². The third-order valence-corrected chi connectivity index (χ3v) is 3.81. The minimum absolute atomic E-state index is 0.132. The predicted molar refractivity (Wildman–Crippen MR) is 73.2 cm³/mol. The minimum atomic E-state index is -0.986. The molecule has 4 heteroatoms. The van der Waals surface area contributed by atoms with Crippen molar-refractivity contribution in [3.8, 4) is 5.75 Å².